The molecule has 4 heterocycles. The molecule has 202 valence electrons. The molecule has 2 saturated heterocycles. The minimum atomic E-state index is 0.508. The number of rotatable bonds is 8. The molecular weight excluding hydrogens is 490 g/mol. The molecule has 2 aromatic carbocycles. The minimum Gasteiger partial charge on any atom is -0.493 e. The van der Waals surface area contributed by atoms with Crippen LogP contribution in [0.1, 0.15) is 24.0 Å². The van der Waals surface area contributed by atoms with Gasteiger partial charge in [-0.25, -0.2) is 19.9 Å². The number of ether oxygens (including phenoxy) is 2. The lowest BCUT2D eigenvalue weighted by Crippen LogP contribution is -2.47. The van der Waals surface area contributed by atoms with Crippen LogP contribution in [0.5, 0.6) is 11.5 Å². The van der Waals surface area contributed by atoms with E-state index in [1.165, 1.54) is 18.4 Å². The zero-order valence-electron chi connectivity index (χ0n) is 22.4. The molecule has 2 fully saturated rings. The van der Waals surface area contributed by atoms with Crippen molar-refractivity contribution in [1.29, 1.82) is 0 Å². The zero-order chi connectivity index (χ0) is 26.4. The van der Waals surface area contributed by atoms with Gasteiger partial charge >= 0.3 is 0 Å². The first kappa shape index (κ1) is 25.3. The number of hydrogen-bond acceptors (Lipinski definition) is 9. The first-order valence-corrected chi connectivity index (χ1v) is 13.8. The third-order valence-corrected chi connectivity index (χ3v) is 7.58. The van der Waals surface area contributed by atoms with Crippen molar-refractivity contribution >= 4 is 22.7 Å². The number of anilines is 2. The van der Waals surface area contributed by atoms with Crippen LogP contribution < -0.4 is 24.6 Å². The number of benzene rings is 2. The molecule has 1 N–H and O–H groups in total. The number of methoxy groups -OCH3 is 1. The highest BCUT2D eigenvalue weighted by Gasteiger charge is 2.23. The summed E-state index contributed by atoms with van der Waals surface area (Å²) >= 11 is 0. The third-order valence-electron chi connectivity index (χ3n) is 7.58. The quantitative estimate of drug-likeness (QED) is 0.370. The molecular formula is C30H35N7O2. The number of nitrogens with zero attached hydrogens (tertiary/aromatic N) is 6. The molecule has 0 saturated carbocycles. The molecule has 6 rings (SSSR count). The van der Waals surface area contributed by atoms with Crippen LogP contribution in [0.3, 0.4) is 0 Å². The first-order chi connectivity index (χ1) is 19.3. The van der Waals surface area contributed by atoms with Crippen LogP contribution in [0.15, 0.2) is 61.2 Å². The molecule has 9 nitrogen and oxygen atoms in total. The summed E-state index contributed by atoms with van der Waals surface area (Å²) in [6, 6.07) is 14.4. The number of hydrogen-bond donors (Lipinski definition) is 1. The lowest BCUT2D eigenvalue weighted by atomic mass is 10.0. The Hall–Kier alpha value is -3.98. The highest BCUT2D eigenvalue weighted by molar-refractivity contribution is 5.92. The summed E-state index contributed by atoms with van der Waals surface area (Å²) in [5.41, 5.74) is 3.23. The second-order valence-electron chi connectivity index (χ2n) is 10.3. The Kier molecular flexibility index (Phi) is 7.67. The van der Waals surface area contributed by atoms with Gasteiger partial charge in [0, 0.05) is 68.9 Å². The fraction of sp³-hybridized carbons (Fsp3) is 0.400. The van der Waals surface area contributed by atoms with E-state index in [-0.39, 0.29) is 0 Å². The van der Waals surface area contributed by atoms with Crippen LogP contribution in [-0.2, 0) is 6.42 Å². The van der Waals surface area contributed by atoms with Crippen molar-refractivity contribution in [3.63, 3.8) is 0 Å². The number of fused-ring (bicyclic) bond motifs is 1. The summed E-state index contributed by atoms with van der Waals surface area (Å²) in [5.74, 6) is 3.65. The second-order valence-corrected chi connectivity index (χ2v) is 10.3. The van der Waals surface area contributed by atoms with Gasteiger partial charge in [-0.15, -0.1) is 0 Å². The average Bonchev–Trinajstić information content (AvgIpc) is 3.01. The number of piperidine rings is 1. The maximum atomic E-state index is 6.28. The summed E-state index contributed by atoms with van der Waals surface area (Å²) in [4.78, 5) is 23.1. The summed E-state index contributed by atoms with van der Waals surface area (Å²) in [5, 5.41) is 4.44. The predicted molar refractivity (Wildman–Crippen MR) is 153 cm³/mol. The number of piperazine rings is 1. The lowest BCUT2D eigenvalue weighted by Gasteiger charge is -2.35. The van der Waals surface area contributed by atoms with Crippen LogP contribution in [0.25, 0.3) is 10.9 Å². The Balaban J connectivity index is 1.14. The maximum absolute atomic E-state index is 6.28. The van der Waals surface area contributed by atoms with Gasteiger partial charge in [0.1, 0.15) is 12.1 Å². The molecule has 2 aliphatic rings. The van der Waals surface area contributed by atoms with Crippen molar-refractivity contribution in [2.24, 2.45) is 5.92 Å². The lowest BCUT2D eigenvalue weighted by molar-refractivity contribution is 0.211. The van der Waals surface area contributed by atoms with E-state index >= 15 is 0 Å². The van der Waals surface area contributed by atoms with E-state index in [4.69, 9.17) is 9.47 Å². The van der Waals surface area contributed by atoms with Gasteiger partial charge in [0.2, 0.25) is 5.95 Å². The van der Waals surface area contributed by atoms with Crippen LogP contribution in [0.2, 0.25) is 0 Å². The Labute approximate surface area is 229 Å². The molecule has 1 unspecified atom stereocenters. The Morgan fingerprint density at radius 2 is 1.69 bits per heavy atom. The van der Waals surface area contributed by atoms with Crippen molar-refractivity contribution in [2.45, 2.75) is 19.3 Å². The summed E-state index contributed by atoms with van der Waals surface area (Å²) in [6.45, 7) is 6.02. The largest absolute Gasteiger partial charge is 0.493 e. The SMILES string of the molecule is COc1cc2ncnc(N3CCN(c4ncc(Cc5ccccc5)cn4)CC3)c2cc1OCC1CCCNC1. The third kappa shape index (κ3) is 5.88. The topological polar surface area (TPSA) is 88.5 Å². The summed E-state index contributed by atoms with van der Waals surface area (Å²) in [7, 11) is 1.67. The van der Waals surface area contributed by atoms with Crippen molar-refractivity contribution in [3.05, 3.63) is 72.3 Å². The molecule has 39 heavy (non-hydrogen) atoms. The predicted octanol–water partition coefficient (Wildman–Crippen LogP) is 3.72. The van der Waals surface area contributed by atoms with Gasteiger partial charge in [-0.3, -0.25) is 0 Å². The van der Waals surface area contributed by atoms with E-state index in [1.54, 1.807) is 13.4 Å². The molecule has 2 aliphatic heterocycles. The van der Waals surface area contributed by atoms with Crippen LogP contribution in [-0.4, -0.2) is 72.9 Å². The Morgan fingerprint density at radius 1 is 0.897 bits per heavy atom. The van der Waals surface area contributed by atoms with Gasteiger partial charge in [-0.05, 0) is 36.6 Å². The zero-order valence-corrected chi connectivity index (χ0v) is 22.4. The number of aromatic nitrogens is 4. The molecule has 1 atom stereocenters. The number of nitrogens with one attached hydrogen (secondary N) is 1. The highest BCUT2D eigenvalue weighted by Crippen LogP contribution is 2.35. The summed E-state index contributed by atoms with van der Waals surface area (Å²) in [6.07, 6.45) is 8.72. The standard InChI is InChI=1S/C30H35N7O2/c1-38-27-16-26-25(15-28(27)39-20-23-8-5-9-31-17-23)29(35-21-34-26)36-10-12-37(13-11-36)30-32-18-24(19-33-30)14-22-6-3-2-4-7-22/h2-4,6-7,15-16,18-19,21,23,31H,5,8-14,17,20H2,1H3. The van der Waals surface area contributed by atoms with E-state index in [9.17, 15) is 0 Å². The van der Waals surface area contributed by atoms with Gasteiger partial charge in [-0.1, -0.05) is 30.3 Å². The molecule has 4 aromatic rings. The Bertz CT molecular complexity index is 1370. The van der Waals surface area contributed by atoms with E-state index in [0.717, 1.165) is 79.7 Å². The molecule has 2 aromatic heterocycles. The molecule has 0 aliphatic carbocycles. The van der Waals surface area contributed by atoms with Crippen LogP contribution in [0.4, 0.5) is 11.8 Å². The van der Waals surface area contributed by atoms with E-state index in [1.807, 2.05) is 30.6 Å². The van der Waals surface area contributed by atoms with Crippen LogP contribution in [0, 0.1) is 5.92 Å². The van der Waals surface area contributed by atoms with Gasteiger partial charge in [0.25, 0.3) is 0 Å². The summed E-state index contributed by atoms with van der Waals surface area (Å²) < 4.78 is 11.9. The second kappa shape index (κ2) is 11.8. The maximum Gasteiger partial charge on any atom is 0.225 e. The Morgan fingerprint density at radius 3 is 2.44 bits per heavy atom. The molecule has 0 spiro atoms. The van der Waals surface area contributed by atoms with Crippen molar-refractivity contribution in [1.82, 2.24) is 25.3 Å². The fourth-order valence-electron chi connectivity index (χ4n) is 5.40. The van der Waals surface area contributed by atoms with Crippen molar-refractivity contribution in [2.75, 3.05) is 62.8 Å². The van der Waals surface area contributed by atoms with E-state index in [0.29, 0.717) is 18.3 Å². The van der Waals surface area contributed by atoms with Crippen molar-refractivity contribution in [3.8, 4) is 11.5 Å². The molecule has 9 heteroatoms. The average molecular weight is 526 g/mol. The molecule has 0 amide bonds. The van der Waals surface area contributed by atoms with E-state index in [2.05, 4.69) is 59.3 Å². The molecule has 0 radical (unpaired) electrons. The van der Waals surface area contributed by atoms with Gasteiger partial charge < -0.3 is 24.6 Å². The van der Waals surface area contributed by atoms with Gasteiger partial charge in [-0.2, -0.15) is 0 Å². The fourth-order valence-corrected chi connectivity index (χ4v) is 5.40. The minimum absolute atomic E-state index is 0.508. The highest BCUT2D eigenvalue weighted by atomic mass is 16.5. The van der Waals surface area contributed by atoms with Crippen molar-refractivity contribution < 1.29 is 9.47 Å². The van der Waals surface area contributed by atoms with Crippen LogP contribution >= 0.6 is 0 Å². The van der Waals surface area contributed by atoms with Gasteiger partial charge in [0.15, 0.2) is 11.5 Å². The van der Waals surface area contributed by atoms with Gasteiger partial charge in [0.05, 0.1) is 19.2 Å². The van der Waals surface area contributed by atoms with E-state index < -0.39 is 0 Å². The smallest absolute Gasteiger partial charge is 0.225 e. The first-order valence-electron chi connectivity index (χ1n) is 13.8. The normalized spacial score (nSPS) is 17.8. The molecule has 0 bridgehead atoms. The monoisotopic (exact) mass is 525 g/mol.